The molecule has 0 unspecified atom stereocenters. The summed E-state index contributed by atoms with van der Waals surface area (Å²) in [5.41, 5.74) is 4.15. The molecule has 0 aliphatic rings. The molecule has 0 aromatic carbocycles. The molecule has 1 aromatic heterocycles. The average molecular weight is 204 g/mol. The van der Waals surface area contributed by atoms with Crippen LogP contribution in [0.1, 0.15) is 17.7 Å². The standard InChI is InChI=1S/C8H10F2N2O2/c1-14-6-2-4(7(9)10)8(13)12-5(6)3-11/h2,7H,3,11H2,1H3,(H,12,13). The van der Waals surface area contributed by atoms with Crippen LogP contribution in [0.4, 0.5) is 8.78 Å². The molecule has 0 atom stereocenters. The summed E-state index contributed by atoms with van der Waals surface area (Å²) in [5.74, 6) is 0.169. The second-order valence-corrected chi connectivity index (χ2v) is 2.61. The van der Waals surface area contributed by atoms with Gasteiger partial charge in [0.2, 0.25) is 0 Å². The van der Waals surface area contributed by atoms with Crippen molar-refractivity contribution in [3.63, 3.8) is 0 Å². The van der Waals surface area contributed by atoms with Gasteiger partial charge in [0.05, 0.1) is 18.4 Å². The Labute approximate surface area is 78.7 Å². The number of hydrogen-bond acceptors (Lipinski definition) is 3. The van der Waals surface area contributed by atoms with Crippen molar-refractivity contribution >= 4 is 0 Å². The fraction of sp³-hybridized carbons (Fsp3) is 0.375. The van der Waals surface area contributed by atoms with Crippen LogP contribution in [0.5, 0.6) is 5.75 Å². The number of methoxy groups -OCH3 is 1. The number of nitrogens with two attached hydrogens (primary N) is 1. The van der Waals surface area contributed by atoms with Crippen LogP contribution in [-0.2, 0) is 6.54 Å². The highest BCUT2D eigenvalue weighted by atomic mass is 19.3. The summed E-state index contributed by atoms with van der Waals surface area (Å²) in [5, 5.41) is 0. The molecule has 0 saturated heterocycles. The van der Waals surface area contributed by atoms with E-state index in [9.17, 15) is 13.6 Å². The first-order valence-electron chi connectivity index (χ1n) is 3.88. The molecule has 0 radical (unpaired) electrons. The number of halogens is 2. The third-order valence-corrected chi connectivity index (χ3v) is 1.77. The molecule has 3 N–H and O–H groups in total. The summed E-state index contributed by atoms with van der Waals surface area (Å²) < 4.78 is 29.3. The van der Waals surface area contributed by atoms with E-state index in [0.717, 1.165) is 6.07 Å². The molecule has 0 aliphatic heterocycles. The van der Waals surface area contributed by atoms with Gasteiger partial charge in [0.1, 0.15) is 5.75 Å². The van der Waals surface area contributed by atoms with Crippen LogP contribution in [0, 0.1) is 0 Å². The first kappa shape index (κ1) is 10.6. The lowest BCUT2D eigenvalue weighted by Crippen LogP contribution is -2.17. The maximum atomic E-state index is 12.3. The molecule has 0 spiro atoms. The van der Waals surface area contributed by atoms with Crippen LogP contribution in [-0.4, -0.2) is 12.1 Å². The van der Waals surface area contributed by atoms with Crippen LogP contribution >= 0.6 is 0 Å². The van der Waals surface area contributed by atoms with Crippen molar-refractivity contribution in [2.45, 2.75) is 13.0 Å². The lowest BCUT2D eigenvalue weighted by atomic mass is 10.2. The summed E-state index contributed by atoms with van der Waals surface area (Å²) in [7, 11) is 1.32. The van der Waals surface area contributed by atoms with E-state index in [1.807, 2.05) is 0 Å². The Morgan fingerprint density at radius 3 is 2.71 bits per heavy atom. The zero-order valence-electron chi connectivity index (χ0n) is 7.51. The van der Waals surface area contributed by atoms with Gasteiger partial charge in [0.25, 0.3) is 12.0 Å². The van der Waals surface area contributed by atoms with Crippen molar-refractivity contribution in [3.05, 3.63) is 27.7 Å². The number of pyridine rings is 1. The Balaban J connectivity index is 3.31. The van der Waals surface area contributed by atoms with Crippen LogP contribution in [0.3, 0.4) is 0 Å². The normalized spacial score (nSPS) is 10.6. The van der Waals surface area contributed by atoms with Gasteiger partial charge in [0.15, 0.2) is 0 Å². The van der Waals surface area contributed by atoms with E-state index in [1.165, 1.54) is 7.11 Å². The predicted octanol–water partition coefficient (Wildman–Crippen LogP) is 0.780. The van der Waals surface area contributed by atoms with Gasteiger partial charge in [-0.3, -0.25) is 4.79 Å². The molecule has 4 nitrogen and oxygen atoms in total. The second-order valence-electron chi connectivity index (χ2n) is 2.61. The van der Waals surface area contributed by atoms with Gasteiger partial charge < -0.3 is 15.5 Å². The minimum Gasteiger partial charge on any atom is -0.495 e. The Kier molecular flexibility index (Phi) is 3.19. The van der Waals surface area contributed by atoms with Crippen LogP contribution in [0.15, 0.2) is 10.9 Å². The van der Waals surface area contributed by atoms with Crippen molar-refractivity contribution in [2.24, 2.45) is 5.73 Å². The average Bonchev–Trinajstić information content (AvgIpc) is 2.16. The van der Waals surface area contributed by atoms with Crippen molar-refractivity contribution in [1.82, 2.24) is 4.98 Å². The Bertz CT molecular complexity index is 376. The van der Waals surface area contributed by atoms with Gasteiger partial charge in [-0.25, -0.2) is 8.78 Å². The summed E-state index contributed by atoms with van der Waals surface area (Å²) >= 11 is 0. The number of aromatic amines is 1. The molecule has 78 valence electrons. The molecule has 1 aromatic rings. The van der Waals surface area contributed by atoms with Gasteiger partial charge >= 0.3 is 0 Å². The zero-order chi connectivity index (χ0) is 10.7. The highest BCUT2D eigenvalue weighted by molar-refractivity contribution is 5.31. The van der Waals surface area contributed by atoms with Gasteiger partial charge in [-0.2, -0.15) is 0 Å². The van der Waals surface area contributed by atoms with E-state index >= 15 is 0 Å². The second kappa shape index (κ2) is 4.19. The van der Waals surface area contributed by atoms with E-state index in [0.29, 0.717) is 5.69 Å². The Morgan fingerprint density at radius 1 is 1.64 bits per heavy atom. The van der Waals surface area contributed by atoms with Gasteiger partial charge in [-0.05, 0) is 6.07 Å². The van der Waals surface area contributed by atoms with Crippen LogP contribution in [0.2, 0.25) is 0 Å². The van der Waals surface area contributed by atoms with Crippen molar-refractivity contribution in [3.8, 4) is 5.75 Å². The largest absolute Gasteiger partial charge is 0.495 e. The van der Waals surface area contributed by atoms with Crippen molar-refractivity contribution < 1.29 is 13.5 Å². The minimum absolute atomic E-state index is 0.0297. The third kappa shape index (κ3) is 1.90. The lowest BCUT2D eigenvalue weighted by Gasteiger charge is -2.07. The molecule has 0 bridgehead atoms. The number of ether oxygens (including phenoxy) is 1. The first-order chi connectivity index (χ1) is 6.60. The van der Waals surface area contributed by atoms with E-state index < -0.39 is 17.5 Å². The smallest absolute Gasteiger partial charge is 0.269 e. The molecule has 1 heterocycles. The highest BCUT2D eigenvalue weighted by Crippen LogP contribution is 2.21. The van der Waals surface area contributed by atoms with Crippen molar-refractivity contribution in [2.75, 3.05) is 7.11 Å². The molecule has 0 saturated carbocycles. The molecule has 14 heavy (non-hydrogen) atoms. The lowest BCUT2D eigenvalue weighted by molar-refractivity contribution is 0.149. The Hall–Kier alpha value is -1.43. The molecule has 0 fully saturated rings. The molecule has 1 rings (SSSR count). The number of alkyl halides is 2. The summed E-state index contributed by atoms with van der Waals surface area (Å²) in [4.78, 5) is 13.3. The zero-order valence-corrected chi connectivity index (χ0v) is 7.51. The first-order valence-corrected chi connectivity index (χ1v) is 3.88. The molecular formula is C8H10F2N2O2. The van der Waals surface area contributed by atoms with Gasteiger partial charge in [-0.15, -0.1) is 0 Å². The van der Waals surface area contributed by atoms with E-state index in [-0.39, 0.29) is 12.3 Å². The summed E-state index contributed by atoms with van der Waals surface area (Å²) in [6, 6.07) is 1.01. The number of H-pyrrole nitrogens is 1. The van der Waals surface area contributed by atoms with E-state index in [2.05, 4.69) is 4.98 Å². The fourth-order valence-corrected chi connectivity index (χ4v) is 1.06. The van der Waals surface area contributed by atoms with Crippen LogP contribution < -0.4 is 16.0 Å². The van der Waals surface area contributed by atoms with Gasteiger partial charge in [-0.1, -0.05) is 0 Å². The Morgan fingerprint density at radius 2 is 2.29 bits per heavy atom. The molecule has 0 amide bonds. The van der Waals surface area contributed by atoms with Gasteiger partial charge in [0, 0.05) is 6.54 Å². The van der Waals surface area contributed by atoms with E-state index in [4.69, 9.17) is 10.5 Å². The molecular weight excluding hydrogens is 194 g/mol. The van der Waals surface area contributed by atoms with Crippen molar-refractivity contribution in [1.29, 1.82) is 0 Å². The predicted molar refractivity (Wildman–Crippen MR) is 46.5 cm³/mol. The third-order valence-electron chi connectivity index (χ3n) is 1.77. The minimum atomic E-state index is -2.82. The highest BCUT2D eigenvalue weighted by Gasteiger charge is 2.15. The SMILES string of the molecule is COc1cc(C(F)F)c(=O)[nH]c1CN. The van der Waals surface area contributed by atoms with Crippen LogP contribution in [0.25, 0.3) is 0 Å². The maximum Gasteiger partial charge on any atom is 0.269 e. The monoisotopic (exact) mass is 204 g/mol. The number of aromatic nitrogens is 1. The number of hydrogen-bond donors (Lipinski definition) is 2. The fourth-order valence-electron chi connectivity index (χ4n) is 1.06. The van der Waals surface area contributed by atoms with E-state index in [1.54, 1.807) is 0 Å². The quantitative estimate of drug-likeness (QED) is 0.764. The maximum absolute atomic E-state index is 12.3. The molecule has 6 heteroatoms. The molecule has 0 aliphatic carbocycles. The topological polar surface area (TPSA) is 68.1 Å². The number of nitrogens with one attached hydrogen (secondary N) is 1. The number of rotatable bonds is 3. The summed E-state index contributed by atoms with van der Waals surface area (Å²) in [6.07, 6.45) is -2.82. The summed E-state index contributed by atoms with van der Waals surface area (Å²) in [6.45, 7) is 0.0297.